The maximum absolute atomic E-state index is 13.0. The molecule has 4 nitrogen and oxygen atoms in total. The molecule has 1 fully saturated rings. The quantitative estimate of drug-likeness (QED) is 0.796. The first-order valence-corrected chi connectivity index (χ1v) is 7.72. The van der Waals surface area contributed by atoms with E-state index in [0.717, 1.165) is 31.6 Å². The summed E-state index contributed by atoms with van der Waals surface area (Å²) in [4.78, 5) is 17.4. The number of hydrogen-bond donors (Lipinski definition) is 0. The van der Waals surface area contributed by atoms with Crippen LogP contribution in [0.15, 0.2) is 18.2 Å². The summed E-state index contributed by atoms with van der Waals surface area (Å²) in [5.74, 6) is 0.210. The molecule has 0 unspecified atom stereocenters. The van der Waals surface area contributed by atoms with Crippen LogP contribution in [0.1, 0.15) is 29.8 Å². The normalized spacial score (nSPS) is 19.7. The van der Waals surface area contributed by atoms with Crippen molar-refractivity contribution in [3.63, 3.8) is 0 Å². The van der Waals surface area contributed by atoms with Crippen LogP contribution in [-0.2, 0) is 11.2 Å². The lowest BCUT2D eigenvalue weighted by Crippen LogP contribution is -2.54. The highest BCUT2D eigenvalue weighted by Crippen LogP contribution is 2.29. The van der Waals surface area contributed by atoms with Gasteiger partial charge in [-0.25, -0.2) is 0 Å². The van der Waals surface area contributed by atoms with Crippen LogP contribution < -0.4 is 4.90 Å². The number of nitrogens with zero attached hydrogens (tertiary/aromatic N) is 2. The van der Waals surface area contributed by atoms with Gasteiger partial charge in [-0.15, -0.1) is 0 Å². The average molecular weight is 288 g/mol. The summed E-state index contributed by atoms with van der Waals surface area (Å²) in [7, 11) is 2.10. The molecule has 0 amide bonds. The Balaban J connectivity index is 1.84. The Morgan fingerprint density at radius 3 is 2.62 bits per heavy atom. The van der Waals surface area contributed by atoms with E-state index in [0.29, 0.717) is 13.2 Å². The number of rotatable bonds is 3. The third-order valence-corrected chi connectivity index (χ3v) is 4.83. The summed E-state index contributed by atoms with van der Waals surface area (Å²) in [6, 6.07) is 6.15. The number of benzene rings is 1. The molecule has 0 radical (unpaired) electrons. The van der Waals surface area contributed by atoms with Gasteiger partial charge in [0, 0.05) is 37.9 Å². The number of Topliss-reactive ketones (excluding diaryl/α,β-unsaturated/α-hetero) is 1. The smallest absolute Gasteiger partial charge is 0.182 e. The van der Waals surface area contributed by atoms with Crippen molar-refractivity contribution in [1.82, 2.24) is 4.90 Å². The molecule has 0 aliphatic carbocycles. The maximum Gasteiger partial charge on any atom is 0.182 e. The Morgan fingerprint density at radius 1 is 1.19 bits per heavy atom. The molecular weight excluding hydrogens is 264 g/mol. The molecule has 0 bridgehead atoms. The molecule has 0 aromatic heterocycles. The lowest BCUT2D eigenvalue weighted by molar-refractivity contribution is -0.00430. The molecule has 21 heavy (non-hydrogen) atoms. The summed E-state index contributed by atoms with van der Waals surface area (Å²) >= 11 is 0. The van der Waals surface area contributed by atoms with Crippen LogP contribution in [0.3, 0.4) is 0 Å². The molecule has 2 heterocycles. The predicted molar refractivity (Wildman–Crippen MR) is 84.2 cm³/mol. The van der Waals surface area contributed by atoms with E-state index in [1.807, 2.05) is 19.9 Å². The van der Waals surface area contributed by atoms with E-state index in [9.17, 15) is 4.79 Å². The molecule has 1 aromatic rings. The van der Waals surface area contributed by atoms with Crippen LogP contribution in [0.2, 0.25) is 0 Å². The van der Waals surface area contributed by atoms with E-state index in [1.165, 1.54) is 11.3 Å². The van der Waals surface area contributed by atoms with E-state index >= 15 is 0 Å². The first-order chi connectivity index (χ1) is 10.00. The fourth-order valence-corrected chi connectivity index (χ4v) is 3.33. The van der Waals surface area contributed by atoms with Crippen molar-refractivity contribution in [3.05, 3.63) is 29.3 Å². The van der Waals surface area contributed by atoms with Gasteiger partial charge in [0.15, 0.2) is 5.78 Å². The second kappa shape index (κ2) is 5.43. The first-order valence-electron chi connectivity index (χ1n) is 7.72. The van der Waals surface area contributed by atoms with Gasteiger partial charge in [-0.1, -0.05) is 0 Å². The molecule has 114 valence electrons. The Bertz CT molecular complexity index is 548. The van der Waals surface area contributed by atoms with Crippen molar-refractivity contribution < 1.29 is 9.53 Å². The van der Waals surface area contributed by atoms with Gasteiger partial charge in [-0.3, -0.25) is 9.69 Å². The zero-order valence-corrected chi connectivity index (χ0v) is 13.2. The molecule has 0 atom stereocenters. The second-order valence-electron chi connectivity index (χ2n) is 6.50. The van der Waals surface area contributed by atoms with Crippen LogP contribution in [0.4, 0.5) is 5.69 Å². The van der Waals surface area contributed by atoms with E-state index < -0.39 is 5.54 Å². The van der Waals surface area contributed by atoms with Crippen LogP contribution in [0.5, 0.6) is 0 Å². The van der Waals surface area contributed by atoms with Gasteiger partial charge in [0.25, 0.3) is 0 Å². The number of ketones is 1. The van der Waals surface area contributed by atoms with E-state index in [4.69, 9.17) is 4.74 Å². The predicted octanol–water partition coefficient (Wildman–Crippen LogP) is 1.97. The topological polar surface area (TPSA) is 32.8 Å². The van der Waals surface area contributed by atoms with Gasteiger partial charge < -0.3 is 9.64 Å². The number of carbonyl (C=O) groups excluding carboxylic acids is 1. The Labute approximate surface area is 126 Å². The Morgan fingerprint density at radius 2 is 1.90 bits per heavy atom. The van der Waals surface area contributed by atoms with Crippen molar-refractivity contribution in [2.45, 2.75) is 25.8 Å². The highest BCUT2D eigenvalue weighted by atomic mass is 16.5. The van der Waals surface area contributed by atoms with E-state index in [2.05, 4.69) is 29.0 Å². The third-order valence-electron chi connectivity index (χ3n) is 4.83. The zero-order chi connectivity index (χ0) is 15.0. The molecule has 1 aromatic carbocycles. The van der Waals surface area contributed by atoms with Crippen molar-refractivity contribution in [1.29, 1.82) is 0 Å². The highest BCUT2D eigenvalue weighted by Gasteiger charge is 2.36. The van der Waals surface area contributed by atoms with Crippen molar-refractivity contribution >= 4 is 11.5 Å². The van der Waals surface area contributed by atoms with Gasteiger partial charge in [0.2, 0.25) is 0 Å². The Hall–Kier alpha value is -1.39. The molecule has 4 heteroatoms. The summed E-state index contributed by atoms with van der Waals surface area (Å²) < 4.78 is 5.39. The largest absolute Gasteiger partial charge is 0.379 e. The first kappa shape index (κ1) is 14.5. The minimum Gasteiger partial charge on any atom is -0.379 e. The standard InChI is InChI=1S/C17H24N2O2/c1-17(2,19-8-10-21-11-9-19)16(20)14-4-5-15-13(12-14)6-7-18(15)3/h4-5,12H,6-11H2,1-3H3. The molecule has 0 N–H and O–H groups in total. The summed E-state index contributed by atoms with van der Waals surface area (Å²) in [6.07, 6.45) is 1.03. The molecule has 2 aliphatic rings. The number of morpholine rings is 1. The van der Waals surface area contributed by atoms with E-state index in [-0.39, 0.29) is 5.78 Å². The fourth-order valence-electron chi connectivity index (χ4n) is 3.33. The van der Waals surface area contributed by atoms with Crippen LogP contribution >= 0.6 is 0 Å². The third kappa shape index (κ3) is 2.58. The van der Waals surface area contributed by atoms with Gasteiger partial charge in [-0.2, -0.15) is 0 Å². The second-order valence-corrected chi connectivity index (χ2v) is 6.50. The van der Waals surface area contributed by atoms with Gasteiger partial charge in [0.1, 0.15) is 0 Å². The number of fused-ring (bicyclic) bond motifs is 1. The van der Waals surface area contributed by atoms with Gasteiger partial charge in [-0.05, 0) is 44.0 Å². The van der Waals surface area contributed by atoms with E-state index in [1.54, 1.807) is 0 Å². The molecular formula is C17H24N2O2. The van der Waals surface area contributed by atoms with Crippen LogP contribution in [0, 0.1) is 0 Å². The summed E-state index contributed by atoms with van der Waals surface area (Å²) in [6.45, 7) is 8.18. The lowest BCUT2D eigenvalue weighted by Gasteiger charge is -2.39. The number of anilines is 1. The molecule has 3 rings (SSSR count). The maximum atomic E-state index is 13.0. The van der Waals surface area contributed by atoms with Gasteiger partial charge in [0.05, 0.1) is 18.8 Å². The molecule has 1 saturated heterocycles. The monoisotopic (exact) mass is 288 g/mol. The van der Waals surface area contributed by atoms with Crippen molar-refractivity contribution in [2.24, 2.45) is 0 Å². The number of carbonyl (C=O) groups is 1. The number of ether oxygens (including phenoxy) is 1. The lowest BCUT2D eigenvalue weighted by atomic mass is 9.90. The highest BCUT2D eigenvalue weighted by molar-refractivity contribution is 6.03. The van der Waals surface area contributed by atoms with Crippen LogP contribution in [-0.4, -0.2) is 56.1 Å². The van der Waals surface area contributed by atoms with Gasteiger partial charge >= 0.3 is 0 Å². The molecule has 0 saturated carbocycles. The Kier molecular flexibility index (Phi) is 3.76. The van der Waals surface area contributed by atoms with Crippen LogP contribution in [0.25, 0.3) is 0 Å². The number of likely N-dealkylation sites (N-methyl/N-ethyl adjacent to an activating group) is 1. The molecule has 2 aliphatic heterocycles. The SMILES string of the molecule is CN1CCc2cc(C(=O)C(C)(C)N3CCOCC3)ccc21. The summed E-state index contributed by atoms with van der Waals surface area (Å²) in [5, 5.41) is 0. The zero-order valence-electron chi connectivity index (χ0n) is 13.2. The molecule has 0 spiro atoms. The summed E-state index contributed by atoms with van der Waals surface area (Å²) in [5.41, 5.74) is 2.92. The van der Waals surface area contributed by atoms with Crippen molar-refractivity contribution in [2.75, 3.05) is 44.8 Å². The minimum atomic E-state index is -0.470. The van der Waals surface area contributed by atoms with Crippen molar-refractivity contribution in [3.8, 4) is 0 Å². The number of hydrogen-bond acceptors (Lipinski definition) is 4. The average Bonchev–Trinajstić information content (AvgIpc) is 2.88. The fraction of sp³-hybridized carbons (Fsp3) is 0.588. The minimum absolute atomic E-state index is 0.210.